The Kier molecular flexibility index (Phi) is 7.09. The number of anilines is 1. The van der Waals surface area contributed by atoms with Crippen LogP contribution in [0.4, 0.5) is 5.82 Å². The number of nitrogens with zero attached hydrogens (tertiary/aromatic N) is 7. The van der Waals surface area contributed by atoms with Gasteiger partial charge in [-0.15, -0.1) is 5.10 Å². The molecule has 4 aromatic rings. The molecule has 9 heteroatoms. The third-order valence-corrected chi connectivity index (χ3v) is 6.90. The van der Waals surface area contributed by atoms with Crippen molar-refractivity contribution >= 4 is 24.8 Å². The van der Waals surface area contributed by atoms with E-state index >= 15 is 0 Å². The molecule has 4 aromatic heterocycles. The molecule has 0 aliphatic carbocycles. The lowest BCUT2D eigenvalue weighted by molar-refractivity contribution is 0.162. The molecule has 0 amide bonds. The number of piperidine rings is 1. The number of nitriles is 1. The molecule has 1 saturated heterocycles. The van der Waals surface area contributed by atoms with Gasteiger partial charge in [-0.25, -0.2) is 9.50 Å². The van der Waals surface area contributed by atoms with Gasteiger partial charge in [0.05, 0.1) is 23.0 Å². The molecule has 5 rings (SSSR count). The Morgan fingerprint density at radius 3 is 2.59 bits per heavy atom. The van der Waals surface area contributed by atoms with Gasteiger partial charge in [-0.05, 0) is 61.1 Å². The smallest absolute Gasteiger partial charge is 0.233 e. The van der Waals surface area contributed by atoms with Crippen molar-refractivity contribution in [2.45, 2.75) is 52.6 Å². The van der Waals surface area contributed by atoms with E-state index in [-0.39, 0.29) is 6.10 Å². The first-order valence-electron chi connectivity index (χ1n) is 12.8. The van der Waals surface area contributed by atoms with Gasteiger partial charge in [0, 0.05) is 49.3 Å². The number of rotatable bonds is 7. The Morgan fingerprint density at radius 2 is 1.95 bits per heavy atom. The normalized spacial score (nSPS) is 14.3. The number of fused-ring (bicyclic) bond motifs is 1. The van der Waals surface area contributed by atoms with Gasteiger partial charge in [-0.1, -0.05) is 13.8 Å². The molecule has 0 bridgehead atoms. The zero-order valence-electron chi connectivity index (χ0n) is 21.6. The SMILES string of the molecule is [B]c1c(CCC(C)C)cc(-c2ccc(N3CCC(Oc4ccc(C)nn4)CC3)nc2)c2c(C#N)cnn12. The van der Waals surface area contributed by atoms with E-state index in [1.54, 1.807) is 10.7 Å². The molecule has 0 aromatic carbocycles. The van der Waals surface area contributed by atoms with Crippen LogP contribution in [-0.4, -0.2) is 51.8 Å². The fourth-order valence-corrected chi connectivity index (χ4v) is 4.74. The molecule has 8 nitrogen and oxygen atoms in total. The second-order valence-corrected chi connectivity index (χ2v) is 10.1. The van der Waals surface area contributed by atoms with Crippen molar-refractivity contribution in [2.75, 3.05) is 18.0 Å². The van der Waals surface area contributed by atoms with E-state index in [0.717, 1.165) is 72.5 Å². The highest BCUT2D eigenvalue weighted by Gasteiger charge is 2.22. The highest BCUT2D eigenvalue weighted by Crippen LogP contribution is 2.29. The largest absolute Gasteiger partial charge is 0.473 e. The van der Waals surface area contributed by atoms with Crippen molar-refractivity contribution in [1.82, 2.24) is 24.8 Å². The van der Waals surface area contributed by atoms with Gasteiger partial charge in [0.2, 0.25) is 5.88 Å². The maximum absolute atomic E-state index is 9.69. The van der Waals surface area contributed by atoms with E-state index < -0.39 is 0 Å². The second-order valence-electron chi connectivity index (χ2n) is 10.1. The van der Waals surface area contributed by atoms with Gasteiger partial charge < -0.3 is 9.64 Å². The van der Waals surface area contributed by atoms with E-state index in [2.05, 4.69) is 52.2 Å². The topological polar surface area (TPSA) is 92.2 Å². The minimum atomic E-state index is 0.117. The second kappa shape index (κ2) is 10.6. The first-order valence-corrected chi connectivity index (χ1v) is 12.8. The molecule has 1 aliphatic rings. The molecule has 37 heavy (non-hydrogen) atoms. The first-order chi connectivity index (χ1) is 17.9. The van der Waals surface area contributed by atoms with Crippen molar-refractivity contribution in [1.29, 1.82) is 5.26 Å². The third kappa shape index (κ3) is 5.29. The van der Waals surface area contributed by atoms with Crippen LogP contribution in [-0.2, 0) is 6.42 Å². The molecule has 0 saturated carbocycles. The van der Waals surface area contributed by atoms with Crippen molar-refractivity contribution in [3.63, 3.8) is 0 Å². The molecular formula is C28H30BN7O. The van der Waals surface area contributed by atoms with Gasteiger partial charge in [-0.3, -0.25) is 0 Å². The average Bonchev–Trinajstić information content (AvgIpc) is 3.35. The van der Waals surface area contributed by atoms with Crippen molar-refractivity contribution in [2.24, 2.45) is 5.92 Å². The molecule has 1 fully saturated rings. The summed E-state index contributed by atoms with van der Waals surface area (Å²) in [5, 5.41) is 22.3. The molecule has 1 aliphatic heterocycles. The summed E-state index contributed by atoms with van der Waals surface area (Å²) in [5.74, 6) is 2.06. The van der Waals surface area contributed by atoms with Gasteiger partial charge in [0.15, 0.2) is 0 Å². The van der Waals surface area contributed by atoms with Crippen molar-refractivity contribution < 1.29 is 4.74 Å². The minimum absolute atomic E-state index is 0.117. The molecule has 5 heterocycles. The lowest BCUT2D eigenvalue weighted by Crippen LogP contribution is -2.38. The summed E-state index contributed by atoms with van der Waals surface area (Å²) in [6.45, 7) is 8.01. The van der Waals surface area contributed by atoms with Crippen LogP contribution in [0, 0.1) is 24.2 Å². The van der Waals surface area contributed by atoms with Crippen LogP contribution in [0.25, 0.3) is 16.6 Å². The van der Waals surface area contributed by atoms with Crippen LogP contribution in [0.2, 0.25) is 0 Å². The van der Waals surface area contributed by atoms with Gasteiger partial charge in [0.1, 0.15) is 25.8 Å². The number of hydrogen-bond donors (Lipinski definition) is 0. The number of pyridine rings is 2. The van der Waals surface area contributed by atoms with Gasteiger partial charge >= 0.3 is 0 Å². The van der Waals surface area contributed by atoms with Crippen molar-refractivity contribution in [3.8, 4) is 23.1 Å². The van der Waals surface area contributed by atoms with Crippen LogP contribution >= 0.6 is 0 Å². The van der Waals surface area contributed by atoms with Crippen LogP contribution in [0.15, 0.2) is 42.7 Å². The van der Waals surface area contributed by atoms with E-state index in [1.807, 2.05) is 31.3 Å². The fraction of sp³-hybridized carbons (Fsp3) is 0.393. The van der Waals surface area contributed by atoms with Crippen LogP contribution in [0.1, 0.15) is 49.9 Å². The summed E-state index contributed by atoms with van der Waals surface area (Å²) >= 11 is 0. The summed E-state index contributed by atoms with van der Waals surface area (Å²) < 4.78 is 7.71. The van der Waals surface area contributed by atoms with Crippen LogP contribution < -0.4 is 15.2 Å². The van der Waals surface area contributed by atoms with Crippen LogP contribution in [0.5, 0.6) is 5.88 Å². The Balaban J connectivity index is 1.34. The molecule has 0 N–H and O–H groups in total. The summed E-state index contributed by atoms with van der Waals surface area (Å²) in [5.41, 5.74) is 5.59. The van der Waals surface area contributed by atoms with Crippen molar-refractivity contribution in [3.05, 3.63) is 59.5 Å². The highest BCUT2D eigenvalue weighted by atomic mass is 16.5. The monoisotopic (exact) mass is 491 g/mol. The van der Waals surface area contributed by atoms with E-state index in [4.69, 9.17) is 17.6 Å². The standard InChI is InChI=1S/C28H30BN7O/c1-18(2)4-6-20-14-24(27-22(15-30)17-32-36(27)28(20)29)21-7-8-25(31-16-21)35-12-10-23(11-13-35)37-26-9-5-19(3)33-34-26/h5,7-9,14,16-18,23H,4,6,10-13H2,1-3H3. The maximum atomic E-state index is 9.69. The summed E-state index contributed by atoms with van der Waals surface area (Å²) in [4.78, 5) is 7.06. The predicted molar refractivity (Wildman–Crippen MR) is 144 cm³/mol. The van der Waals surface area contributed by atoms with E-state index in [0.29, 0.717) is 23.0 Å². The number of ether oxygens (including phenoxy) is 1. The molecule has 0 unspecified atom stereocenters. The first kappa shape index (κ1) is 24.8. The quantitative estimate of drug-likeness (QED) is 0.363. The lowest BCUT2D eigenvalue weighted by atomic mass is 9.89. The van der Waals surface area contributed by atoms with Gasteiger partial charge in [0.25, 0.3) is 0 Å². The number of aryl methyl sites for hydroxylation is 2. The molecular weight excluding hydrogens is 461 g/mol. The zero-order valence-corrected chi connectivity index (χ0v) is 21.6. The third-order valence-electron chi connectivity index (χ3n) is 6.90. The maximum Gasteiger partial charge on any atom is 0.233 e. The number of aromatic nitrogens is 5. The Labute approximate surface area is 218 Å². The summed E-state index contributed by atoms with van der Waals surface area (Å²) in [7, 11) is 6.46. The minimum Gasteiger partial charge on any atom is -0.473 e. The Bertz CT molecular complexity index is 1420. The summed E-state index contributed by atoms with van der Waals surface area (Å²) in [6.07, 6.45) is 7.23. The van der Waals surface area contributed by atoms with E-state index in [9.17, 15) is 5.26 Å². The van der Waals surface area contributed by atoms with E-state index in [1.165, 1.54) is 0 Å². The molecule has 0 spiro atoms. The Morgan fingerprint density at radius 1 is 1.14 bits per heavy atom. The molecule has 186 valence electrons. The molecule has 0 atom stereocenters. The lowest BCUT2D eigenvalue weighted by Gasteiger charge is -2.32. The predicted octanol–water partition coefficient (Wildman–Crippen LogP) is 3.80. The van der Waals surface area contributed by atoms with Gasteiger partial charge in [-0.2, -0.15) is 15.5 Å². The van der Waals surface area contributed by atoms with Crippen LogP contribution in [0.3, 0.4) is 0 Å². The number of hydrogen-bond acceptors (Lipinski definition) is 7. The summed E-state index contributed by atoms with van der Waals surface area (Å²) in [6, 6.07) is 12.3. The zero-order chi connectivity index (χ0) is 25.9. The highest BCUT2D eigenvalue weighted by molar-refractivity contribution is 6.32. The Hall–Kier alpha value is -3.93. The fourth-order valence-electron chi connectivity index (χ4n) is 4.74. The average molecular weight is 491 g/mol. The molecule has 2 radical (unpaired) electrons.